The Bertz CT molecular complexity index is 662. The number of amides is 1. The molecule has 0 heterocycles. The first kappa shape index (κ1) is 18.9. The van der Waals surface area contributed by atoms with Gasteiger partial charge in [-0.05, 0) is 38.8 Å². The molecule has 0 saturated carbocycles. The van der Waals surface area contributed by atoms with Gasteiger partial charge in [-0.3, -0.25) is 4.79 Å². The molecule has 0 unspecified atom stereocenters. The van der Waals surface area contributed by atoms with Crippen molar-refractivity contribution < 1.29 is 22.7 Å². The van der Waals surface area contributed by atoms with Crippen LogP contribution in [0.3, 0.4) is 0 Å². The summed E-state index contributed by atoms with van der Waals surface area (Å²) in [5.74, 6) is -1.01. The summed E-state index contributed by atoms with van der Waals surface area (Å²) >= 11 is 0. The summed E-state index contributed by atoms with van der Waals surface area (Å²) in [6.45, 7) is 3.87. The van der Waals surface area contributed by atoms with Crippen LogP contribution in [-0.4, -0.2) is 26.9 Å². The molecule has 0 radical (unpaired) electrons. The zero-order valence-electron chi connectivity index (χ0n) is 13.2. The van der Waals surface area contributed by atoms with Gasteiger partial charge >= 0.3 is 5.97 Å². The minimum atomic E-state index is -3.83. The number of unbranched alkanes of at least 4 members (excludes halogenated alkanes) is 1. The van der Waals surface area contributed by atoms with Crippen molar-refractivity contribution in [2.24, 2.45) is 0 Å². The van der Waals surface area contributed by atoms with Crippen molar-refractivity contribution in [2.75, 3.05) is 6.61 Å². The number of aryl methyl sites for hydroxylation is 1. The van der Waals surface area contributed by atoms with E-state index in [1.807, 2.05) is 11.6 Å². The number of hydrogen-bond donors (Lipinski definition) is 1. The number of esters is 1. The first-order chi connectivity index (χ1) is 10.8. The number of rotatable bonds is 8. The minimum absolute atomic E-state index is 0.0538. The Kier molecular flexibility index (Phi) is 7.47. The van der Waals surface area contributed by atoms with Gasteiger partial charge in [0.15, 0.2) is 0 Å². The SMILES string of the molecule is CCOC(=O)/C=C\CCCC(=O)NS(=O)(=O)c1ccc(C)cc1. The number of nitrogens with one attached hydrogen (secondary N) is 1. The Morgan fingerprint density at radius 2 is 1.87 bits per heavy atom. The standard InChI is InChI=1S/C16H21NO5S/c1-3-22-16(19)8-6-4-5-7-15(18)17-23(20,21)14-11-9-13(2)10-12-14/h6,8-12H,3-5,7H2,1-2H3,(H,17,18)/b8-6-. The van der Waals surface area contributed by atoms with E-state index in [1.54, 1.807) is 25.1 Å². The normalized spacial score (nSPS) is 11.4. The van der Waals surface area contributed by atoms with Crippen molar-refractivity contribution in [1.29, 1.82) is 0 Å². The predicted octanol–water partition coefficient (Wildman–Crippen LogP) is 2.09. The summed E-state index contributed by atoms with van der Waals surface area (Å²) in [4.78, 5) is 22.8. The molecule has 6 nitrogen and oxygen atoms in total. The fraction of sp³-hybridized carbons (Fsp3) is 0.375. The third-order valence-electron chi connectivity index (χ3n) is 2.89. The number of allylic oxidation sites excluding steroid dienone is 1. The van der Waals surface area contributed by atoms with Crippen molar-refractivity contribution in [3.63, 3.8) is 0 Å². The number of ether oxygens (including phenoxy) is 1. The molecule has 7 heteroatoms. The lowest BCUT2D eigenvalue weighted by molar-refractivity contribution is -0.137. The van der Waals surface area contributed by atoms with Crippen LogP contribution < -0.4 is 4.72 Å². The molecule has 0 saturated heterocycles. The monoisotopic (exact) mass is 339 g/mol. The third kappa shape index (κ3) is 7.10. The molecule has 1 aromatic rings. The fourth-order valence-electron chi connectivity index (χ4n) is 1.73. The summed E-state index contributed by atoms with van der Waals surface area (Å²) in [5, 5.41) is 0. The summed E-state index contributed by atoms with van der Waals surface area (Å²) in [5.41, 5.74) is 0.934. The quantitative estimate of drug-likeness (QED) is 0.445. The van der Waals surface area contributed by atoms with E-state index in [-0.39, 0.29) is 11.3 Å². The van der Waals surface area contributed by atoms with E-state index >= 15 is 0 Å². The van der Waals surface area contributed by atoms with Crippen LogP contribution in [0.1, 0.15) is 31.7 Å². The van der Waals surface area contributed by atoms with Crippen LogP contribution in [0.4, 0.5) is 0 Å². The summed E-state index contributed by atoms with van der Waals surface area (Å²) in [6.07, 6.45) is 3.87. The Labute approximate surface area is 136 Å². The zero-order valence-corrected chi connectivity index (χ0v) is 14.1. The molecule has 0 aliphatic rings. The third-order valence-corrected chi connectivity index (χ3v) is 4.28. The summed E-state index contributed by atoms with van der Waals surface area (Å²) < 4.78 is 30.7. The molecule has 0 aliphatic heterocycles. The van der Waals surface area contributed by atoms with Gasteiger partial charge in [0, 0.05) is 12.5 Å². The number of carbonyl (C=O) groups is 2. The molecule has 0 spiro atoms. The zero-order chi connectivity index (χ0) is 17.3. The summed E-state index contributed by atoms with van der Waals surface area (Å²) in [6, 6.07) is 6.23. The maximum absolute atomic E-state index is 12.0. The molecule has 23 heavy (non-hydrogen) atoms. The van der Waals surface area contributed by atoms with Crippen LogP contribution >= 0.6 is 0 Å². The molecule has 0 atom stereocenters. The van der Waals surface area contributed by atoms with Crippen LogP contribution in [0.2, 0.25) is 0 Å². The van der Waals surface area contributed by atoms with Gasteiger partial charge in [-0.15, -0.1) is 0 Å². The highest BCUT2D eigenvalue weighted by Crippen LogP contribution is 2.10. The van der Waals surface area contributed by atoms with Gasteiger partial charge in [0.2, 0.25) is 5.91 Å². The first-order valence-electron chi connectivity index (χ1n) is 7.30. The van der Waals surface area contributed by atoms with Crippen LogP contribution in [-0.2, 0) is 24.3 Å². The fourth-order valence-corrected chi connectivity index (χ4v) is 2.74. The topological polar surface area (TPSA) is 89.5 Å². The average molecular weight is 339 g/mol. The maximum Gasteiger partial charge on any atom is 0.330 e. The Morgan fingerprint density at radius 1 is 1.22 bits per heavy atom. The number of benzene rings is 1. The number of sulfonamides is 1. The Balaban J connectivity index is 2.41. The van der Waals surface area contributed by atoms with Gasteiger partial charge in [-0.2, -0.15) is 0 Å². The molecule has 0 fully saturated rings. The lowest BCUT2D eigenvalue weighted by atomic mass is 10.2. The van der Waals surface area contributed by atoms with E-state index in [0.29, 0.717) is 19.4 Å². The van der Waals surface area contributed by atoms with Gasteiger partial charge < -0.3 is 4.74 Å². The smallest absolute Gasteiger partial charge is 0.330 e. The van der Waals surface area contributed by atoms with Gasteiger partial charge in [0.25, 0.3) is 10.0 Å². The van der Waals surface area contributed by atoms with Gasteiger partial charge in [0.1, 0.15) is 0 Å². The van der Waals surface area contributed by atoms with Crippen LogP contribution in [0.15, 0.2) is 41.3 Å². The molecule has 1 amide bonds. The van der Waals surface area contributed by atoms with E-state index in [0.717, 1.165) is 5.56 Å². The molecule has 0 aromatic heterocycles. The number of carbonyl (C=O) groups excluding carboxylic acids is 2. The highest BCUT2D eigenvalue weighted by atomic mass is 32.2. The molecular formula is C16H21NO5S. The highest BCUT2D eigenvalue weighted by Gasteiger charge is 2.16. The van der Waals surface area contributed by atoms with E-state index < -0.39 is 21.9 Å². The van der Waals surface area contributed by atoms with E-state index in [4.69, 9.17) is 4.74 Å². The van der Waals surface area contributed by atoms with Crippen LogP contribution in [0, 0.1) is 6.92 Å². The van der Waals surface area contributed by atoms with E-state index in [2.05, 4.69) is 0 Å². The Morgan fingerprint density at radius 3 is 2.48 bits per heavy atom. The minimum Gasteiger partial charge on any atom is -0.463 e. The van der Waals surface area contributed by atoms with Gasteiger partial charge in [-0.1, -0.05) is 23.8 Å². The second kappa shape index (κ2) is 9.09. The molecule has 0 bridgehead atoms. The molecular weight excluding hydrogens is 318 g/mol. The van der Waals surface area contributed by atoms with Gasteiger partial charge in [-0.25, -0.2) is 17.9 Å². The van der Waals surface area contributed by atoms with E-state index in [9.17, 15) is 18.0 Å². The average Bonchev–Trinajstić information content (AvgIpc) is 2.47. The molecule has 1 N–H and O–H groups in total. The van der Waals surface area contributed by atoms with Gasteiger partial charge in [0.05, 0.1) is 11.5 Å². The van der Waals surface area contributed by atoms with Crippen molar-refractivity contribution in [3.05, 3.63) is 42.0 Å². The lowest BCUT2D eigenvalue weighted by Crippen LogP contribution is -2.30. The van der Waals surface area contributed by atoms with E-state index in [1.165, 1.54) is 18.2 Å². The second-order valence-corrected chi connectivity index (χ2v) is 6.57. The van der Waals surface area contributed by atoms with Crippen LogP contribution in [0.25, 0.3) is 0 Å². The van der Waals surface area contributed by atoms with Crippen molar-refractivity contribution >= 4 is 21.9 Å². The van der Waals surface area contributed by atoms with Crippen molar-refractivity contribution in [1.82, 2.24) is 4.72 Å². The van der Waals surface area contributed by atoms with Crippen molar-refractivity contribution in [3.8, 4) is 0 Å². The molecule has 1 aromatic carbocycles. The van der Waals surface area contributed by atoms with Crippen molar-refractivity contribution in [2.45, 2.75) is 38.0 Å². The molecule has 126 valence electrons. The predicted molar refractivity (Wildman–Crippen MR) is 86.1 cm³/mol. The molecule has 0 aliphatic carbocycles. The molecule has 1 rings (SSSR count). The summed E-state index contributed by atoms with van der Waals surface area (Å²) in [7, 11) is -3.83. The largest absolute Gasteiger partial charge is 0.463 e. The van der Waals surface area contributed by atoms with Crippen LogP contribution in [0.5, 0.6) is 0 Å². The lowest BCUT2D eigenvalue weighted by Gasteiger charge is -2.06. The number of hydrogen-bond acceptors (Lipinski definition) is 5. The second-order valence-electron chi connectivity index (χ2n) is 4.89. The highest BCUT2D eigenvalue weighted by molar-refractivity contribution is 7.90. The Hall–Kier alpha value is -2.15. The first-order valence-corrected chi connectivity index (χ1v) is 8.79. The maximum atomic E-state index is 12.0.